The van der Waals surface area contributed by atoms with Crippen LogP contribution in [0.25, 0.3) is 0 Å². The van der Waals surface area contributed by atoms with Crippen molar-refractivity contribution in [2.24, 2.45) is 0 Å². The largest absolute Gasteiger partial charge is 0.480 e. The fraction of sp³-hybridized carbons (Fsp3) is 0.667. The van der Waals surface area contributed by atoms with Crippen molar-refractivity contribution < 1.29 is 19.5 Å². The van der Waals surface area contributed by atoms with E-state index in [0.717, 1.165) is 9.80 Å². The van der Waals surface area contributed by atoms with Crippen LogP contribution in [0.4, 0.5) is 4.79 Å². The minimum Gasteiger partial charge on any atom is -0.480 e. The van der Waals surface area contributed by atoms with Crippen LogP contribution in [0.3, 0.4) is 0 Å². The Labute approximate surface area is 87.5 Å². The van der Waals surface area contributed by atoms with E-state index in [-0.39, 0.29) is 11.9 Å². The number of nitrogens with zero attached hydrogens (tertiary/aromatic N) is 2. The minimum absolute atomic E-state index is 0.244. The number of imide groups is 1. The van der Waals surface area contributed by atoms with Crippen molar-refractivity contribution in [3.05, 3.63) is 0 Å². The third-order valence-electron chi connectivity index (χ3n) is 2.34. The predicted molar refractivity (Wildman–Crippen MR) is 51.2 cm³/mol. The van der Waals surface area contributed by atoms with Crippen molar-refractivity contribution in [1.29, 1.82) is 0 Å². The van der Waals surface area contributed by atoms with E-state index in [0.29, 0.717) is 0 Å². The number of urea groups is 1. The first-order valence-electron chi connectivity index (χ1n) is 4.71. The molecule has 1 aliphatic rings. The second-order valence-corrected chi connectivity index (χ2v) is 3.78. The van der Waals surface area contributed by atoms with Crippen LogP contribution in [0, 0.1) is 0 Å². The summed E-state index contributed by atoms with van der Waals surface area (Å²) in [6.45, 7) is 4.53. The van der Waals surface area contributed by atoms with Gasteiger partial charge in [0.25, 0.3) is 5.91 Å². The Balaban J connectivity index is 2.90. The molecule has 84 valence electrons. The van der Waals surface area contributed by atoms with Crippen molar-refractivity contribution in [2.45, 2.75) is 32.9 Å². The van der Waals surface area contributed by atoms with Crippen LogP contribution in [-0.4, -0.2) is 51.4 Å². The van der Waals surface area contributed by atoms with Crippen LogP contribution < -0.4 is 0 Å². The van der Waals surface area contributed by atoms with Crippen LogP contribution in [0.2, 0.25) is 0 Å². The van der Waals surface area contributed by atoms with Gasteiger partial charge in [-0.05, 0) is 20.8 Å². The average Bonchev–Trinajstić information content (AvgIpc) is 2.29. The molecule has 1 fully saturated rings. The van der Waals surface area contributed by atoms with Gasteiger partial charge in [-0.15, -0.1) is 0 Å². The molecule has 1 saturated heterocycles. The predicted octanol–water partition coefficient (Wildman–Crippen LogP) is 0.132. The van der Waals surface area contributed by atoms with E-state index in [1.807, 2.05) is 0 Å². The summed E-state index contributed by atoms with van der Waals surface area (Å²) in [5.74, 6) is -1.45. The molecule has 0 aliphatic carbocycles. The van der Waals surface area contributed by atoms with Crippen molar-refractivity contribution in [2.75, 3.05) is 6.54 Å². The molecule has 0 radical (unpaired) electrons. The molecular formula is C9H14N2O4. The first-order chi connectivity index (χ1) is 6.86. The molecule has 0 aromatic carbocycles. The number of carboxylic acids is 1. The number of hydrogen-bond donors (Lipinski definition) is 1. The maximum Gasteiger partial charge on any atom is 0.328 e. The third-order valence-corrected chi connectivity index (χ3v) is 2.34. The van der Waals surface area contributed by atoms with Crippen molar-refractivity contribution in [3.8, 4) is 0 Å². The first-order valence-corrected chi connectivity index (χ1v) is 4.71. The van der Waals surface area contributed by atoms with Crippen LogP contribution in [0.5, 0.6) is 0 Å². The standard InChI is InChI=1S/C9H14N2O4/c1-5(2)11-8(14)6(3)10(9(11)15)4-7(12)13/h5-6H,4H2,1-3H3,(H,12,13). The number of hydrogen-bond acceptors (Lipinski definition) is 3. The second-order valence-electron chi connectivity index (χ2n) is 3.78. The van der Waals surface area contributed by atoms with Crippen LogP contribution in [0.1, 0.15) is 20.8 Å². The molecule has 6 nitrogen and oxygen atoms in total. The highest BCUT2D eigenvalue weighted by atomic mass is 16.4. The topological polar surface area (TPSA) is 77.9 Å². The third kappa shape index (κ3) is 1.93. The van der Waals surface area contributed by atoms with Crippen LogP contribution >= 0.6 is 0 Å². The molecule has 6 heteroatoms. The maximum absolute atomic E-state index is 11.7. The highest BCUT2D eigenvalue weighted by molar-refractivity contribution is 6.05. The molecule has 0 spiro atoms. The average molecular weight is 214 g/mol. The molecule has 15 heavy (non-hydrogen) atoms. The Morgan fingerprint density at radius 3 is 2.33 bits per heavy atom. The maximum atomic E-state index is 11.7. The van der Waals surface area contributed by atoms with Crippen LogP contribution in [0.15, 0.2) is 0 Å². The van der Waals surface area contributed by atoms with Crippen molar-refractivity contribution in [1.82, 2.24) is 9.80 Å². The Bertz CT molecular complexity index is 313. The zero-order chi connectivity index (χ0) is 11.7. The summed E-state index contributed by atoms with van der Waals surface area (Å²) in [5.41, 5.74) is 0. The van der Waals surface area contributed by atoms with E-state index < -0.39 is 24.6 Å². The van der Waals surface area contributed by atoms with Gasteiger partial charge in [-0.1, -0.05) is 0 Å². The number of carbonyl (C=O) groups excluding carboxylic acids is 2. The van der Waals surface area contributed by atoms with Gasteiger partial charge in [-0.3, -0.25) is 14.5 Å². The Kier molecular flexibility index (Phi) is 2.97. The first kappa shape index (κ1) is 11.5. The van der Waals surface area contributed by atoms with E-state index in [4.69, 9.17) is 5.11 Å². The molecule has 1 N–H and O–H groups in total. The van der Waals surface area contributed by atoms with Gasteiger partial charge in [0.15, 0.2) is 0 Å². The smallest absolute Gasteiger partial charge is 0.328 e. The molecule has 0 aromatic heterocycles. The zero-order valence-electron chi connectivity index (χ0n) is 8.93. The molecule has 0 bridgehead atoms. The summed E-state index contributed by atoms with van der Waals surface area (Å²) in [5, 5.41) is 8.60. The molecule has 1 rings (SSSR count). The molecular weight excluding hydrogens is 200 g/mol. The van der Waals surface area contributed by atoms with Crippen LogP contribution in [-0.2, 0) is 9.59 Å². The summed E-state index contributed by atoms with van der Waals surface area (Å²) in [6, 6.07) is -1.45. The Morgan fingerprint density at radius 1 is 1.47 bits per heavy atom. The summed E-state index contributed by atoms with van der Waals surface area (Å²) >= 11 is 0. The molecule has 0 saturated carbocycles. The highest BCUT2D eigenvalue weighted by Crippen LogP contribution is 2.19. The van der Waals surface area contributed by atoms with Gasteiger partial charge < -0.3 is 10.0 Å². The van der Waals surface area contributed by atoms with Gasteiger partial charge in [0.2, 0.25) is 0 Å². The monoisotopic (exact) mass is 214 g/mol. The fourth-order valence-corrected chi connectivity index (χ4v) is 1.56. The van der Waals surface area contributed by atoms with E-state index in [1.54, 1.807) is 13.8 Å². The highest BCUT2D eigenvalue weighted by Gasteiger charge is 2.44. The van der Waals surface area contributed by atoms with Gasteiger partial charge in [0.1, 0.15) is 12.6 Å². The van der Waals surface area contributed by atoms with Gasteiger partial charge in [-0.2, -0.15) is 0 Å². The van der Waals surface area contributed by atoms with Crippen molar-refractivity contribution >= 4 is 17.9 Å². The normalized spacial score (nSPS) is 21.7. The molecule has 1 unspecified atom stereocenters. The van der Waals surface area contributed by atoms with E-state index in [9.17, 15) is 14.4 Å². The molecule has 0 aromatic rings. The van der Waals surface area contributed by atoms with E-state index in [2.05, 4.69) is 0 Å². The number of carbonyl (C=O) groups is 3. The zero-order valence-corrected chi connectivity index (χ0v) is 8.93. The lowest BCUT2D eigenvalue weighted by Crippen LogP contribution is -2.39. The number of carboxylic acid groups (broad SMARTS) is 1. The van der Waals surface area contributed by atoms with E-state index >= 15 is 0 Å². The van der Waals surface area contributed by atoms with Gasteiger partial charge >= 0.3 is 12.0 Å². The molecule has 3 amide bonds. The number of rotatable bonds is 3. The molecule has 1 atom stereocenters. The SMILES string of the molecule is CC1C(=O)N(C(C)C)C(=O)N1CC(=O)O. The quantitative estimate of drug-likeness (QED) is 0.677. The molecule has 1 heterocycles. The lowest BCUT2D eigenvalue weighted by molar-refractivity contribution is -0.138. The second kappa shape index (κ2) is 3.88. The van der Waals surface area contributed by atoms with Gasteiger partial charge in [0, 0.05) is 6.04 Å². The summed E-state index contributed by atoms with van der Waals surface area (Å²) in [6.07, 6.45) is 0. The summed E-state index contributed by atoms with van der Waals surface area (Å²) in [7, 11) is 0. The Morgan fingerprint density at radius 2 is 2.00 bits per heavy atom. The summed E-state index contributed by atoms with van der Waals surface area (Å²) < 4.78 is 0. The summed E-state index contributed by atoms with van der Waals surface area (Å²) in [4.78, 5) is 35.9. The lowest BCUT2D eigenvalue weighted by Gasteiger charge is -2.18. The minimum atomic E-state index is -1.12. The van der Waals surface area contributed by atoms with Gasteiger partial charge in [-0.25, -0.2) is 4.79 Å². The Hall–Kier alpha value is -1.59. The number of amides is 3. The van der Waals surface area contributed by atoms with Gasteiger partial charge in [0.05, 0.1) is 0 Å². The van der Waals surface area contributed by atoms with E-state index in [1.165, 1.54) is 6.92 Å². The fourth-order valence-electron chi connectivity index (χ4n) is 1.56. The molecule has 1 aliphatic heterocycles. The lowest BCUT2D eigenvalue weighted by atomic mass is 10.3. The number of aliphatic carboxylic acids is 1. The van der Waals surface area contributed by atoms with Crippen molar-refractivity contribution in [3.63, 3.8) is 0 Å².